The topological polar surface area (TPSA) is 92.2 Å². The Labute approximate surface area is 164 Å². The number of fused-ring (bicyclic) bond motifs is 1. The number of aromatic nitrogens is 4. The van der Waals surface area contributed by atoms with Crippen LogP contribution in [0.15, 0.2) is 12.1 Å². The minimum Gasteiger partial charge on any atom is -0.353 e. The van der Waals surface area contributed by atoms with Crippen LogP contribution in [0.2, 0.25) is 0 Å². The van der Waals surface area contributed by atoms with Crippen molar-refractivity contribution in [3.05, 3.63) is 34.9 Å². The molecule has 0 radical (unpaired) electrons. The Balaban J connectivity index is 1.30. The zero-order valence-electron chi connectivity index (χ0n) is 16.0. The number of rotatable bonds is 3. The van der Waals surface area contributed by atoms with E-state index in [1.165, 1.54) is 12.8 Å². The molecular weight excluding hydrogens is 376 g/mol. The summed E-state index contributed by atoms with van der Waals surface area (Å²) in [6.07, 6.45) is 2.86. The third-order valence-corrected chi connectivity index (χ3v) is 7.28. The number of hydrogen-bond acceptors (Lipinski definition) is 8. The fourth-order valence-electron chi connectivity index (χ4n) is 3.92. The Morgan fingerprint density at radius 1 is 0.964 bits per heavy atom. The van der Waals surface area contributed by atoms with Crippen LogP contribution >= 0.6 is 0 Å². The zero-order chi connectivity index (χ0) is 19.3. The van der Waals surface area contributed by atoms with Gasteiger partial charge in [0.15, 0.2) is 15.7 Å². The van der Waals surface area contributed by atoms with Gasteiger partial charge in [0.1, 0.15) is 11.6 Å². The summed E-state index contributed by atoms with van der Waals surface area (Å²) in [4.78, 5) is 13.9. The average molecular weight is 401 g/mol. The number of piperazine rings is 1. The molecule has 9 heteroatoms. The van der Waals surface area contributed by atoms with Crippen LogP contribution in [0, 0.1) is 6.92 Å². The summed E-state index contributed by atoms with van der Waals surface area (Å²) in [6, 6.07) is 3.97. The van der Waals surface area contributed by atoms with Crippen molar-refractivity contribution in [1.82, 2.24) is 20.2 Å². The summed E-state index contributed by atoms with van der Waals surface area (Å²) < 4.78 is 23.9. The molecule has 0 unspecified atom stereocenters. The molecule has 3 aliphatic rings. The van der Waals surface area contributed by atoms with Crippen LogP contribution in [0.25, 0.3) is 0 Å². The Kier molecular flexibility index (Phi) is 4.22. The van der Waals surface area contributed by atoms with Crippen molar-refractivity contribution in [1.29, 1.82) is 0 Å². The van der Waals surface area contributed by atoms with Crippen molar-refractivity contribution in [3.8, 4) is 0 Å². The van der Waals surface area contributed by atoms with E-state index < -0.39 is 9.84 Å². The second-order valence-corrected chi connectivity index (χ2v) is 10.2. The Morgan fingerprint density at radius 3 is 2.39 bits per heavy atom. The van der Waals surface area contributed by atoms with Crippen LogP contribution in [0.4, 0.5) is 11.6 Å². The number of aryl methyl sites for hydroxylation is 2. The first kappa shape index (κ1) is 17.8. The lowest BCUT2D eigenvalue weighted by molar-refractivity contribution is 0.589. The summed E-state index contributed by atoms with van der Waals surface area (Å²) in [6.45, 7) is 5.34. The number of anilines is 2. The van der Waals surface area contributed by atoms with Gasteiger partial charge in [0, 0.05) is 50.3 Å². The van der Waals surface area contributed by atoms with Crippen molar-refractivity contribution in [3.63, 3.8) is 0 Å². The molecule has 0 spiro atoms. The maximum Gasteiger partial charge on any atom is 0.154 e. The predicted octanol–water partition coefficient (Wildman–Crippen LogP) is 1.25. The van der Waals surface area contributed by atoms with Crippen molar-refractivity contribution in [2.45, 2.75) is 37.9 Å². The van der Waals surface area contributed by atoms with E-state index in [-0.39, 0.29) is 11.5 Å². The standard InChI is InChI=1S/C19H24N6O2S/c1-13-10-17(21-19(20-13)14-2-3-14)24-5-7-25(8-6-24)18-11-15-12-28(26,27)9-4-16(15)22-23-18/h10-11,14H,2-9,12H2,1H3. The lowest BCUT2D eigenvalue weighted by Crippen LogP contribution is -2.47. The molecule has 0 aromatic carbocycles. The van der Waals surface area contributed by atoms with Gasteiger partial charge in [-0.2, -0.15) is 5.10 Å². The second-order valence-electron chi connectivity index (χ2n) is 7.99. The van der Waals surface area contributed by atoms with Gasteiger partial charge in [-0.1, -0.05) is 0 Å². The van der Waals surface area contributed by atoms with E-state index in [4.69, 9.17) is 4.98 Å². The molecule has 28 heavy (non-hydrogen) atoms. The second kappa shape index (κ2) is 6.65. The number of hydrogen-bond donors (Lipinski definition) is 0. The molecule has 5 rings (SSSR count). The summed E-state index contributed by atoms with van der Waals surface area (Å²) in [5.74, 6) is 3.56. The van der Waals surface area contributed by atoms with E-state index in [1.807, 2.05) is 13.0 Å². The van der Waals surface area contributed by atoms with Crippen molar-refractivity contribution in [2.24, 2.45) is 0 Å². The summed E-state index contributed by atoms with van der Waals surface area (Å²) in [5, 5.41) is 8.65. The fourth-order valence-corrected chi connectivity index (χ4v) is 5.29. The summed E-state index contributed by atoms with van der Waals surface area (Å²) in [7, 11) is -3.01. The minimum absolute atomic E-state index is 0.0783. The first-order chi connectivity index (χ1) is 13.5. The van der Waals surface area contributed by atoms with Gasteiger partial charge in [-0.25, -0.2) is 18.4 Å². The van der Waals surface area contributed by atoms with Gasteiger partial charge in [-0.3, -0.25) is 0 Å². The molecule has 4 heterocycles. The lowest BCUT2D eigenvalue weighted by Gasteiger charge is -2.36. The van der Waals surface area contributed by atoms with Crippen molar-refractivity contribution in [2.75, 3.05) is 41.7 Å². The Hall–Kier alpha value is -2.29. The largest absolute Gasteiger partial charge is 0.353 e. The quantitative estimate of drug-likeness (QED) is 0.760. The maximum absolute atomic E-state index is 11.9. The molecule has 2 aromatic heterocycles. The molecule has 0 atom stereocenters. The molecule has 8 nitrogen and oxygen atoms in total. The number of sulfone groups is 1. The highest BCUT2D eigenvalue weighted by Crippen LogP contribution is 2.38. The third-order valence-electron chi connectivity index (χ3n) is 5.70. The van der Waals surface area contributed by atoms with Crippen molar-refractivity contribution >= 4 is 21.5 Å². The molecule has 2 aromatic rings. The summed E-state index contributed by atoms with van der Waals surface area (Å²) in [5.41, 5.74) is 2.65. The molecule has 148 valence electrons. The monoisotopic (exact) mass is 400 g/mol. The fraction of sp³-hybridized carbons (Fsp3) is 0.579. The zero-order valence-corrected chi connectivity index (χ0v) is 16.8. The highest BCUT2D eigenvalue weighted by atomic mass is 32.2. The Morgan fingerprint density at radius 2 is 1.68 bits per heavy atom. The molecular formula is C19H24N6O2S. The van der Waals surface area contributed by atoms with Crippen LogP contribution in [0.1, 0.15) is 41.5 Å². The maximum atomic E-state index is 11.9. The molecule has 2 aliphatic heterocycles. The highest BCUT2D eigenvalue weighted by Gasteiger charge is 2.29. The first-order valence-corrected chi connectivity index (χ1v) is 11.7. The van der Waals surface area contributed by atoms with Crippen LogP contribution < -0.4 is 9.80 Å². The van der Waals surface area contributed by atoms with E-state index in [9.17, 15) is 8.42 Å². The molecule has 0 N–H and O–H groups in total. The third kappa shape index (κ3) is 3.55. The van der Waals surface area contributed by atoms with Crippen LogP contribution in [-0.4, -0.2) is 60.5 Å². The van der Waals surface area contributed by atoms with Gasteiger partial charge >= 0.3 is 0 Å². The van der Waals surface area contributed by atoms with E-state index in [0.717, 1.165) is 60.6 Å². The van der Waals surface area contributed by atoms with E-state index in [0.29, 0.717) is 12.3 Å². The van der Waals surface area contributed by atoms with Gasteiger partial charge in [0.25, 0.3) is 0 Å². The van der Waals surface area contributed by atoms with Gasteiger partial charge in [0.05, 0.1) is 17.2 Å². The summed E-state index contributed by atoms with van der Waals surface area (Å²) >= 11 is 0. The smallest absolute Gasteiger partial charge is 0.154 e. The minimum atomic E-state index is -3.01. The van der Waals surface area contributed by atoms with Gasteiger partial charge in [0.2, 0.25) is 0 Å². The lowest BCUT2D eigenvalue weighted by atomic mass is 10.2. The highest BCUT2D eigenvalue weighted by molar-refractivity contribution is 7.90. The van der Waals surface area contributed by atoms with E-state index in [2.05, 4.69) is 31.0 Å². The number of nitrogens with zero attached hydrogens (tertiary/aromatic N) is 6. The molecule has 1 saturated heterocycles. The Bertz CT molecular complexity index is 1010. The first-order valence-electron chi connectivity index (χ1n) is 9.88. The molecule has 1 saturated carbocycles. The van der Waals surface area contributed by atoms with Crippen LogP contribution in [-0.2, 0) is 22.0 Å². The predicted molar refractivity (Wildman–Crippen MR) is 106 cm³/mol. The van der Waals surface area contributed by atoms with Gasteiger partial charge in [-0.05, 0) is 31.4 Å². The normalized spacial score (nSPS) is 21.5. The van der Waals surface area contributed by atoms with Crippen LogP contribution in [0.3, 0.4) is 0 Å². The van der Waals surface area contributed by atoms with Gasteiger partial charge < -0.3 is 9.80 Å². The van der Waals surface area contributed by atoms with Gasteiger partial charge in [-0.15, -0.1) is 5.10 Å². The molecule has 0 bridgehead atoms. The SMILES string of the molecule is Cc1cc(N2CCN(c3cc4c(nn3)CCS(=O)(=O)C4)CC2)nc(C2CC2)n1. The van der Waals surface area contributed by atoms with Crippen molar-refractivity contribution < 1.29 is 8.42 Å². The molecule has 0 amide bonds. The van der Waals surface area contributed by atoms with E-state index in [1.54, 1.807) is 0 Å². The van der Waals surface area contributed by atoms with Crippen LogP contribution in [0.5, 0.6) is 0 Å². The van der Waals surface area contributed by atoms with E-state index >= 15 is 0 Å². The molecule has 1 aliphatic carbocycles. The average Bonchev–Trinajstić information content (AvgIpc) is 3.52. The molecule has 2 fully saturated rings.